The van der Waals surface area contributed by atoms with Crippen LogP contribution in [0.2, 0.25) is 0 Å². The molecule has 12 aromatic rings. The van der Waals surface area contributed by atoms with Gasteiger partial charge in [0.25, 0.3) is 0 Å². The molecule has 0 bridgehead atoms. The van der Waals surface area contributed by atoms with E-state index in [0.717, 1.165) is 130 Å². The first kappa shape index (κ1) is 102. The number of hydrogen-bond acceptors (Lipinski definition) is 15. The number of ketones is 5. The number of benzene rings is 10. The lowest BCUT2D eigenvalue weighted by Crippen LogP contribution is -2.40. The van der Waals surface area contributed by atoms with Crippen LogP contribution in [-0.4, -0.2) is 84.3 Å². The molecule has 11 nitrogen and oxygen atoms in total. The number of carboxylic acid groups (broad SMARTS) is 1. The van der Waals surface area contributed by atoms with Gasteiger partial charge in [-0.3, -0.25) is 43.5 Å². The van der Waals surface area contributed by atoms with Crippen molar-refractivity contribution in [2.75, 3.05) is 0 Å². The smallest absolute Gasteiger partial charge is 0.319 e. The van der Waals surface area contributed by atoms with Crippen LogP contribution in [0.1, 0.15) is 244 Å². The molecule has 0 aliphatic heterocycles. The Kier molecular flexibility index (Phi) is 34.4. The zero-order chi connectivity index (χ0) is 94.3. The summed E-state index contributed by atoms with van der Waals surface area (Å²) in [5.74, 6) is 2.55. The third kappa shape index (κ3) is 27.1. The van der Waals surface area contributed by atoms with Crippen LogP contribution in [0.5, 0.6) is 0 Å². The Hall–Kier alpha value is -10.2. The van der Waals surface area contributed by atoms with E-state index in [9.17, 15) is 43.1 Å². The summed E-state index contributed by atoms with van der Waals surface area (Å²) in [7, 11) is 0. The molecule has 6 aliphatic carbocycles. The van der Waals surface area contributed by atoms with E-state index in [1.165, 1.54) is 114 Å². The van der Waals surface area contributed by atoms with Crippen molar-refractivity contribution in [3.05, 3.63) is 313 Å². The van der Waals surface area contributed by atoms with Crippen molar-refractivity contribution >= 4 is 111 Å². The molecule has 2 heterocycles. The molecule has 6 aliphatic rings. The van der Waals surface area contributed by atoms with Crippen LogP contribution in [0, 0.1) is 5.82 Å². The van der Waals surface area contributed by atoms with E-state index in [2.05, 4.69) is 149 Å². The van der Waals surface area contributed by atoms with Gasteiger partial charge in [-0.05, 0) is 354 Å². The third-order valence-corrected chi connectivity index (χ3v) is 34.2. The first-order chi connectivity index (χ1) is 63.0. The minimum absolute atomic E-state index is 0. The quantitative estimate of drug-likeness (QED) is 0.0420. The first-order valence-electron chi connectivity index (χ1n) is 45.8. The molecular weight excluding hydrogens is 1760 g/mol. The molecule has 6 saturated carbocycles. The maximum Gasteiger partial charge on any atom is 0.319 e. The molecular formula is C115H124FN3O8S6. The number of carbonyl (C=O) groups is 7. The monoisotopic (exact) mass is 1890 g/mol. The van der Waals surface area contributed by atoms with Gasteiger partial charge in [-0.1, -0.05) is 189 Å². The second kappa shape index (κ2) is 45.0. The lowest BCUT2D eigenvalue weighted by molar-refractivity contribution is -0.139. The summed E-state index contributed by atoms with van der Waals surface area (Å²) in [6, 6.07) is 87.5. The number of thioether (sulfide) groups is 6. The van der Waals surface area contributed by atoms with Crippen LogP contribution >= 0.6 is 70.6 Å². The zero-order valence-electron chi connectivity index (χ0n) is 77.9. The summed E-state index contributed by atoms with van der Waals surface area (Å²) in [6.07, 6.45) is 22.1. The number of aromatic nitrogens is 2. The third-order valence-electron chi connectivity index (χ3n) is 25.5. The Balaban J connectivity index is 0.000000144. The largest absolute Gasteiger partial charge is 0.480 e. The topological polar surface area (TPSA) is 192 Å². The van der Waals surface area contributed by atoms with Gasteiger partial charge in [0.1, 0.15) is 39.5 Å². The predicted octanol–water partition coefficient (Wildman–Crippen LogP) is 30.8. The average molecular weight is 1890 g/mol. The number of pyridine rings is 2. The van der Waals surface area contributed by atoms with Gasteiger partial charge >= 0.3 is 5.97 Å². The number of amides is 1. The van der Waals surface area contributed by atoms with Crippen molar-refractivity contribution in [2.45, 2.75) is 269 Å². The van der Waals surface area contributed by atoms with Crippen molar-refractivity contribution in [1.82, 2.24) is 9.97 Å². The SMILES string of the molecule is C.CC(=O)C(C)(C)Sc1ccccc1-c1ccc(C(N)=O)cc1.CC(=O)C(C)(C)Sc1ccccc1-c1ccc(C2CC2)nc1.CC(=O)C(C)(C)Sc1ccccc1-c1ccncc1.CC(=O)C1(Sc2ccc(F)cc2-c2ccc(C3CC3)cc2)CCC1.CC(=O)C1(Sc2ccccc2-c2ccc(C3CC3)cc2)CCC1.CC(C)(Sc1ccccc1-c1ccc(C2CC2)cc1)C(=O)O. The van der Waals surface area contributed by atoms with Gasteiger partial charge in [-0.25, -0.2) is 4.39 Å². The lowest BCUT2D eigenvalue weighted by atomic mass is 9.81. The standard InChI is InChI=1S/C21H21FOS.C21H22OS.C19H21NOS.C19H20O2S.C18H19NO2S.C16H17NOS.CH4/c1-14(23)21(11-2-12-21)24-20-10-9-18(22)13-19(20)17-7-5-16(6-8-17)15-3-4-15;1-15(22)21(13-4-14-21)23-20-6-3-2-5-19(20)18-11-9-17(10-12-18)16-7-8-16;1-13(21)19(2,3)22-18-7-5-4-6-16(18)15-10-11-17(20-12-15)14-8-9-14;1-19(2,18(20)21)22-17-6-4-3-5-16(17)15-11-9-14(10-12-15)13-7-8-13;1-12(20)18(2,3)22-16-7-5-4-6-15(16)13-8-10-14(11-9-13)17(19)21;1-12(18)16(2,3)19-15-7-5-4-6-14(15)13-8-10-17-11-9-13;/h5-10,13,15H,2-4,11-12H2,1H3;2-3,5-6,9-12,16H,4,7-8,13-14H2,1H3;4-7,10-12,14H,8-9H2,1-3H3;3-6,9-13H,7-8H2,1-2H3,(H,20,21);4-11H,1-3H3,(H2,19,21);4-11H,1-3H3;1H4. The summed E-state index contributed by atoms with van der Waals surface area (Å²) in [5.41, 5.74) is 24.5. The molecule has 18 rings (SSSR count). The van der Waals surface area contributed by atoms with Crippen LogP contribution in [-0.2, 0) is 28.8 Å². The Bertz CT molecular complexity index is 5950. The van der Waals surface area contributed by atoms with Crippen LogP contribution in [0.25, 0.3) is 66.8 Å². The molecule has 0 saturated heterocycles. The number of rotatable bonds is 29. The van der Waals surface area contributed by atoms with Gasteiger partial charge in [0.15, 0.2) is 0 Å². The summed E-state index contributed by atoms with van der Waals surface area (Å²) in [4.78, 5) is 97.2. The highest BCUT2D eigenvalue weighted by molar-refractivity contribution is 8.03. The summed E-state index contributed by atoms with van der Waals surface area (Å²) < 4.78 is 11.2. The fourth-order valence-electron chi connectivity index (χ4n) is 15.2. The number of carbonyl (C=O) groups excluding carboxylic acids is 6. The number of halogens is 1. The molecule has 6 fully saturated rings. The van der Waals surface area contributed by atoms with Crippen LogP contribution in [0.3, 0.4) is 0 Å². The van der Waals surface area contributed by atoms with Gasteiger partial charge in [-0.2, -0.15) is 0 Å². The summed E-state index contributed by atoms with van der Waals surface area (Å²) in [5, 5.41) is 9.35. The van der Waals surface area contributed by atoms with Gasteiger partial charge in [0.2, 0.25) is 5.91 Å². The normalized spacial score (nSPS) is 15.1. The summed E-state index contributed by atoms with van der Waals surface area (Å²) in [6.45, 7) is 23.5. The number of Topliss-reactive ketones (excluding diaryl/α,β-unsaturated/α-hetero) is 5. The van der Waals surface area contributed by atoms with E-state index < -0.39 is 30.9 Å². The molecule has 133 heavy (non-hydrogen) atoms. The van der Waals surface area contributed by atoms with Crippen molar-refractivity contribution in [2.24, 2.45) is 5.73 Å². The number of nitrogens with two attached hydrogens (primary N) is 1. The molecule has 0 radical (unpaired) electrons. The Morgan fingerprint density at radius 1 is 0.353 bits per heavy atom. The van der Waals surface area contributed by atoms with Crippen molar-refractivity contribution in [1.29, 1.82) is 0 Å². The Morgan fingerprint density at radius 2 is 0.647 bits per heavy atom. The van der Waals surface area contributed by atoms with Gasteiger partial charge in [0.05, 0.1) is 23.7 Å². The zero-order valence-corrected chi connectivity index (χ0v) is 82.8. The maximum atomic E-state index is 13.9. The van der Waals surface area contributed by atoms with E-state index >= 15 is 0 Å². The van der Waals surface area contributed by atoms with Crippen LogP contribution < -0.4 is 5.73 Å². The van der Waals surface area contributed by atoms with E-state index in [1.54, 1.807) is 138 Å². The highest BCUT2D eigenvalue weighted by atomic mass is 32.2. The van der Waals surface area contributed by atoms with Crippen molar-refractivity contribution in [3.63, 3.8) is 0 Å². The predicted molar refractivity (Wildman–Crippen MR) is 556 cm³/mol. The number of hydrogen-bond donors (Lipinski definition) is 2. The molecule has 1 amide bonds. The second-order valence-electron chi connectivity index (χ2n) is 37.2. The minimum atomic E-state index is -0.843. The molecule has 0 atom stereocenters. The van der Waals surface area contributed by atoms with Crippen molar-refractivity contribution in [3.8, 4) is 66.8 Å². The number of carboxylic acids is 1. The number of aliphatic carboxylic acids is 1. The van der Waals surface area contributed by atoms with Gasteiger partial charge in [0, 0.05) is 70.7 Å². The van der Waals surface area contributed by atoms with E-state index in [4.69, 9.17) is 5.73 Å². The number of primary amides is 1. The number of nitrogens with zero attached hydrogens (tertiary/aromatic N) is 2. The Morgan fingerprint density at radius 3 is 0.947 bits per heavy atom. The first-order valence-corrected chi connectivity index (χ1v) is 50.7. The van der Waals surface area contributed by atoms with Crippen LogP contribution in [0.4, 0.5) is 4.39 Å². The molecule has 0 unspecified atom stereocenters. The lowest BCUT2D eigenvalue weighted by Gasteiger charge is -2.39. The molecule has 3 N–H and O–H groups in total. The average Bonchev–Trinajstić information content (AvgIpc) is 1.78. The van der Waals surface area contributed by atoms with Crippen LogP contribution in [0.15, 0.2) is 309 Å². The van der Waals surface area contributed by atoms with E-state index in [-0.39, 0.29) is 45.9 Å². The van der Waals surface area contributed by atoms with E-state index in [0.29, 0.717) is 17.3 Å². The van der Waals surface area contributed by atoms with Gasteiger partial charge in [-0.15, -0.1) is 70.6 Å². The van der Waals surface area contributed by atoms with E-state index in [1.807, 2.05) is 145 Å². The van der Waals surface area contributed by atoms with Gasteiger partial charge < -0.3 is 10.8 Å². The molecule has 2 aromatic heterocycles. The maximum absolute atomic E-state index is 13.9. The highest BCUT2D eigenvalue weighted by Crippen LogP contribution is 2.54. The fraction of sp³-hybridized carbons (Fsp3) is 0.330. The molecule has 0 spiro atoms. The molecule has 10 aromatic carbocycles. The fourth-order valence-corrected chi connectivity index (χ4v) is 22.7. The van der Waals surface area contributed by atoms with Crippen molar-refractivity contribution < 1.29 is 43.1 Å². The second-order valence-corrected chi connectivity index (χ2v) is 46.7. The minimum Gasteiger partial charge on any atom is -0.480 e. The Labute approximate surface area is 812 Å². The molecule has 690 valence electrons. The highest BCUT2D eigenvalue weighted by Gasteiger charge is 2.45. The molecule has 18 heteroatoms. The summed E-state index contributed by atoms with van der Waals surface area (Å²) >= 11 is 9.57.